The molecule has 1 aliphatic heterocycles. The van der Waals surface area contributed by atoms with Crippen LogP contribution in [0.4, 0.5) is 14.5 Å². The van der Waals surface area contributed by atoms with Gasteiger partial charge in [0.05, 0.1) is 6.54 Å². The van der Waals surface area contributed by atoms with E-state index in [1.54, 1.807) is 30.3 Å². The van der Waals surface area contributed by atoms with Gasteiger partial charge in [-0.15, -0.1) is 0 Å². The highest BCUT2D eigenvalue weighted by Crippen LogP contribution is 2.17. The summed E-state index contributed by atoms with van der Waals surface area (Å²) >= 11 is 0. The summed E-state index contributed by atoms with van der Waals surface area (Å²) in [5.41, 5.74) is 7.57. The molecule has 0 radical (unpaired) electrons. The zero-order valence-corrected chi connectivity index (χ0v) is 13.3. The molecule has 2 aromatic carbocycles. The number of anilines is 1. The Bertz CT molecular complexity index is 707. The van der Waals surface area contributed by atoms with Crippen molar-refractivity contribution in [1.82, 2.24) is 4.90 Å². The van der Waals surface area contributed by atoms with Crippen molar-refractivity contribution < 1.29 is 8.78 Å². The van der Waals surface area contributed by atoms with E-state index in [1.807, 2.05) is 4.90 Å². The molecule has 0 atom stereocenters. The van der Waals surface area contributed by atoms with Gasteiger partial charge in [0, 0.05) is 37.4 Å². The van der Waals surface area contributed by atoms with Crippen molar-refractivity contribution in [3.05, 3.63) is 65.7 Å². The SMILES string of the molecule is NC(=NCc1ccccc1F)N1CCN(c2ccc(F)cc2)CC1. The fourth-order valence-corrected chi connectivity index (χ4v) is 2.74. The van der Waals surface area contributed by atoms with E-state index in [1.165, 1.54) is 18.2 Å². The van der Waals surface area contributed by atoms with Crippen LogP contribution in [0.2, 0.25) is 0 Å². The number of hydrogen-bond acceptors (Lipinski definition) is 2. The van der Waals surface area contributed by atoms with Gasteiger partial charge < -0.3 is 15.5 Å². The lowest BCUT2D eigenvalue weighted by Gasteiger charge is -2.36. The lowest BCUT2D eigenvalue weighted by atomic mass is 10.2. The van der Waals surface area contributed by atoms with Crippen LogP contribution in [0.25, 0.3) is 0 Å². The molecule has 3 rings (SSSR count). The first-order valence-corrected chi connectivity index (χ1v) is 7.92. The van der Waals surface area contributed by atoms with E-state index < -0.39 is 0 Å². The molecule has 2 aromatic rings. The first-order valence-electron chi connectivity index (χ1n) is 7.92. The topological polar surface area (TPSA) is 44.9 Å². The molecule has 1 heterocycles. The number of hydrogen-bond donors (Lipinski definition) is 1. The van der Waals surface area contributed by atoms with Crippen molar-refractivity contribution >= 4 is 11.6 Å². The quantitative estimate of drug-likeness (QED) is 0.695. The second kappa shape index (κ2) is 7.29. The van der Waals surface area contributed by atoms with Crippen LogP contribution in [0.3, 0.4) is 0 Å². The molecule has 4 nitrogen and oxygen atoms in total. The van der Waals surface area contributed by atoms with Gasteiger partial charge in [0.25, 0.3) is 0 Å². The molecule has 0 unspecified atom stereocenters. The Hall–Kier alpha value is -2.63. The van der Waals surface area contributed by atoms with Gasteiger partial charge in [-0.3, -0.25) is 0 Å². The number of rotatable bonds is 3. The highest BCUT2D eigenvalue weighted by molar-refractivity contribution is 5.78. The van der Waals surface area contributed by atoms with Gasteiger partial charge in [0.1, 0.15) is 11.6 Å². The molecule has 126 valence electrons. The van der Waals surface area contributed by atoms with Crippen molar-refractivity contribution in [1.29, 1.82) is 0 Å². The van der Waals surface area contributed by atoms with E-state index >= 15 is 0 Å². The summed E-state index contributed by atoms with van der Waals surface area (Å²) in [5.74, 6) is -0.0749. The van der Waals surface area contributed by atoms with Crippen LogP contribution >= 0.6 is 0 Å². The second-order valence-electron chi connectivity index (χ2n) is 5.72. The molecular formula is C18H20F2N4. The van der Waals surface area contributed by atoms with Crippen LogP contribution in [0.15, 0.2) is 53.5 Å². The minimum atomic E-state index is -0.268. The number of piperazine rings is 1. The van der Waals surface area contributed by atoms with Crippen molar-refractivity contribution in [3.63, 3.8) is 0 Å². The van der Waals surface area contributed by atoms with Gasteiger partial charge in [-0.1, -0.05) is 18.2 Å². The van der Waals surface area contributed by atoms with E-state index in [0.717, 1.165) is 31.9 Å². The summed E-state index contributed by atoms with van der Waals surface area (Å²) in [6.45, 7) is 3.24. The minimum absolute atomic E-state index is 0.233. The minimum Gasteiger partial charge on any atom is -0.370 e. The predicted octanol–water partition coefficient (Wildman–Crippen LogP) is 2.60. The highest BCUT2D eigenvalue weighted by Gasteiger charge is 2.18. The van der Waals surface area contributed by atoms with Crippen LogP contribution < -0.4 is 10.6 Å². The molecule has 0 amide bonds. The first-order chi connectivity index (χ1) is 11.6. The number of nitrogens with two attached hydrogens (primary N) is 1. The summed E-state index contributed by atoms with van der Waals surface area (Å²) < 4.78 is 26.6. The number of aliphatic imine (C=N–C) groups is 1. The van der Waals surface area contributed by atoms with Crippen LogP contribution in [-0.4, -0.2) is 37.0 Å². The Labute approximate surface area is 140 Å². The fourth-order valence-electron chi connectivity index (χ4n) is 2.74. The number of benzene rings is 2. The molecule has 1 fully saturated rings. The maximum absolute atomic E-state index is 13.6. The lowest BCUT2D eigenvalue weighted by Crippen LogP contribution is -2.51. The van der Waals surface area contributed by atoms with Crippen molar-refractivity contribution in [2.45, 2.75) is 6.54 Å². The van der Waals surface area contributed by atoms with Gasteiger partial charge >= 0.3 is 0 Å². The number of halogens is 2. The summed E-state index contributed by atoms with van der Waals surface area (Å²) in [5, 5.41) is 0. The third-order valence-corrected chi connectivity index (χ3v) is 4.16. The summed E-state index contributed by atoms with van der Waals surface area (Å²) in [6.07, 6.45) is 0. The average molecular weight is 330 g/mol. The molecule has 6 heteroatoms. The average Bonchev–Trinajstić information content (AvgIpc) is 2.62. The zero-order chi connectivity index (χ0) is 16.9. The van der Waals surface area contributed by atoms with Crippen molar-refractivity contribution in [2.24, 2.45) is 10.7 Å². The van der Waals surface area contributed by atoms with Gasteiger partial charge in [-0.25, -0.2) is 13.8 Å². The largest absolute Gasteiger partial charge is 0.370 e. The van der Waals surface area contributed by atoms with Crippen molar-refractivity contribution in [2.75, 3.05) is 31.1 Å². The van der Waals surface area contributed by atoms with E-state index in [-0.39, 0.29) is 18.2 Å². The Morgan fingerprint density at radius 1 is 0.958 bits per heavy atom. The smallest absolute Gasteiger partial charge is 0.191 e. The van der Waals surface area contributed by atoms with Gasteiger partial charge in [-0.2, -0.15) is 0 Å². The lowest BCUT2D eigenvalue weighted by molar-refractivity contribution is 0.380. The van der Waals surface area contributed by atoms with E-state index in [2.05, 4.69) is 9.89 Å². The van der Waals surface area contributed by atoms with Gasteiger partial charge in [-0.05, 0) is 30.3 Å². The molecule has 2 N–H and O–H groups in total. The predicted molar refractivity (Wildman–Crippen MR) is 91.9 cm³/mol. The number of nitrogens with zero attached hydrogens (tertiary/aromatic N) is 3. The van der Waals surface area contributed by atoms with Crippen LogP contribution in [0, 0.1) is 11.6 Å². The maximum Gasteiger partial charge on any atom is 0.191 e. The van der Waals surface area contributed by atoms with E-state index in [4.69, 9.17) is 5.73 Å². The molecule has 0 bridgehead atoms. The maximum atomic E-state index is 13.6. The number of guanidine groups is 1. The Morgan fingerprint density at radius 3 is 2.29 bits per heavy atom. The monoisotopic (exact) mass is 330 g/mol. The molecule has 1 aliphatic rings. The molecule has 1 saturated heterocycles. The third-order valence-electron chi connectivity index (χ3n) is 4.16. The highest BCUT2D eigenvalue weighted by atomic mass is 19.1. The van der Waals surface area contributed by atoms with Crippen LogP contribution in [0.1, 0.15) is 5.56 Å². The third kappa shape index (κ3) is 3.82. The normalized spacial score (nSPS) is 15.7. The summed E-state index contributed by atoms with van der Waals surface area (Å²) in [6, 6.07) is 13.0. The Kier molecular flexibility index (Phi) is 4.93. The first kappa shape index (κ1) is 16.2. The molecule has 0 saturated carbocycles. The van der Waals surface area contributed by atoms with Crippen LogP contribution in [-0.2, 0) is 6.54 Å². The Balaban J connectivity index is 1.56. The molecule has 0 spiro atoms. The molecule has 0 aliphatic carbocycles. The summed E-state index contributed by atoms with van der Waals surface area (Å²) in [7, 11) is 0. The molecule has 24 heavy (non-hydrogen) atoms. The second-order valence-corrected chi connectivity index (χ2v) is 5.72. The summed E-state index contributed by atoms with van der Waals surface area (Å²) in [4.78, 5) is 8.47. The standard InChI is InChI=1S/C18H20F2N4/c19-15-5-7-16(8-6-15)23-9-11-24(12-10-23)18(21)22-13-14-3-1-2-4-17(14)20/h1-8H,9-13H2,(H2,21,22). The molecule has 0 aromatic heterocycles. The van der Waals surface area contributed by atoms with E-state index in [9.17, 15) is 8.78 Å². The van der Waals surface area contributed by atoms with Crippen LogP contribution in [0.5, 0.6) is 0 Å². The van der Waals surface area contributed by atoms with Gasteiger partial charge in [0.2, 0.25) is 0 Å². The molecular weight excluding hydrogens is 310 g/mol. The zero-order valence-electron chi connectivity index (χ0n) is 13.3. The van der Waals surface area contributed by atoms with Gasteiger partial charge in [0.15, 0.2) is 5.96 Å². The van der Waals surface area contributed by atoms with Crippen molar-refractivity contribution in [3.8, 4) is 0 Å². The fraction of sp³-hybridized carbons (Fsp3) is 0.278. The van der Waals surface area contributed by atoms with E-state index in [0.29, 0.717) is 11.5 Å². The Morgan fingerprint density at radius 2 is 1.62 bits per heavy atom.